The van der Waals surface area contributed by atoms with Crippen LogP contribution in [-0.2, 0) is 9.53 Å². The Hall–Kier alpha value is -2.22. The van der Waals surface area contributed by atoms with Gasteiger partial charge in [0, 0.05) is 39.8 Å². The Morgan fingerprint density at radius 1 is 1.20 bits per heavy atom. The summed E-state index contributed by atoms with van der Waals surface area (Å²) in [6.07, 6.45) is 4.22. The lowest BCUT2D eigenvalue weighted by Crippen LogP contribution is -2.42. The Kier molecular flexibility index (Phi) is 4.29. The molecule has 3 aliphatic heterocycles. The highest BCUT2D eigenvalue weighted by molar-refractivity contribution is 5.92. The quantitative estimate of drug-likeness (QED) is 0.743. The number of carbonyl (C=O) groups is 2. The van der Waals surface area contributed by atoms with E-state index in [1.54, 1.807) is 11.1 Å². The lowest BCUT2D eigenvalue weighted by atomic mass is 9.88. The second kappa shape index (κ2) is 6.59. The zero-order valence-electron chi connectivity index (χ0n) is 14.4. The zero-order valence-corrected chi connectivity index (χ0v) is 14.4. The van der Waals surface area contributed by atoms with E-state index in [1.165, 1.54) is 6.20 Å². The molecule has 8 nitrogen and oxygen atoms in total. The molecular weight excluding hydrogens is 322 g/mol. The smallest absolute Gasteiger partial charge is 0.274 e. The van der Waals surface area contributed by atoms with Gasteiger partial charge in [-0.05, 0) is 12.3 Å². The predicted octanol–water partition coefficient (Wildman–Crippen LogP) is -0.136. The van der Waals surface area contributed by atoms with Gasteiger partial charge in [-0.1, -0.05) is 0 Å². The Morgan fingerprint density at radius 3 is 2.80 bits per heavy atom. The molecule has 0 spiro atoms. The first-order valence-corrected chi connectivity index (χ1v) is 8.82. The van der Waals surface area contributed by atoms with Gasteiger partial charge in [-0.3, -0.25) is 14.6 Å². The lowest BCUT2D eigenvalue weighted by molar-refractivity contribution is -0.137. The zero-order chi connectivity index (χ0) is 17.4. The van der Waals surface area contributed by atoms with Crippen molar-refractivity contribution in [2.45, 2.75) is 6.42 Å². The van der Waals surface area contributed by atoms with Crippen LogP contribution in [0, 0.1) is 11.8 Å². The van der Waals surface area contributed by atoms with Crippen LogP contribution >= 0.6 is 0 Å². The molecule has 0 N–H and O–H groups in total. The Morgan fingerprint density at radius 2 is 2.00 bits per heavy atom. The molecule has 1 aromatic heterocycles. The highest BCUT2D eigenvalue weighted by Gasteiger charge is 2.42. The van der Waals surface area contributed by atoms with Gasteiger partial charge in [-0.25, -0.2) is 4.98 Å². The summed E-state index contributed by atoms with van der Waals surface area (Å²) in [5.41, 5.74) is 0.359. The fraction of sp³-hybridized carbons (Fsp3) is 0.647. The SMILES string of the molecule is CN1CC[C@@H]2CN(c3cncc(C(=O)N4CCOCC4)n3)C[C@@H]2C1=O. The van der Waals surface area contributed by atoms with Crippen molar-refractivity contribution in [3.63, 3.8) is 0 Å². The summed E-state index contributed by atoms with van der Waals surface area (Å²) in [4.78, 5) is 39.4. The number of rotatable bonds is 2. The van der Waals surface area contributed by atoms with Crippen LogP contribution in [0.3, 0.4) is 0 Å². The first-order chi connectivity index (χ1) is 12.1. The molecule has 4 rings (SSSR count). The molecule has 8 heteroatoms. The van der Waals surface area contributed by atoms with E-state index in [9.17, 15) is 9.59 Å². The summed E-state index contributed by atoms with van der Waals surface area (Å²) in [6, 6.07) is 0. The van der Waals surface area contributed by atoms with E-state index < -0.39 is 0 Å². The maximum absolute atomic E-state index is 12.6. The first kappa shape index (κ1) is 16.3. The summed E-state index contributed by atoms with van der Waals surface area (Å²) in [5, 5.41) is 0. The monoisotopic (exact) mass is 345 g/mol. The van der Waals surface area contributed by atoms with Gasteiger partial charge in [0.1, 0.15) is 11.5 Å². The van der Waals surface area contributed by atoms with Crippen molar-refractivity contribution in [1.29, 1.82) is 0 Å². The fourth-order valence-corrected chi connectivity index (χ4v) is 3.92. The van der Waals surface area contributed by atoms with E-state index >= 15 is 0 Å². The number of hydrogen-bond donors (Lipinski definition) is 0. The molecule has 0 radical (unpaired) electrons. The number of fused-ring (bicyclic) bond motifs is 1. The summed E-state index contributed by atoms with van der Waals surface area (Å²) in [7, 11) is 1.86. The first-order valence-electron chi connectivity index (χ1n) is 8.82. The molecule has 0 saturated carbocycles. The number of likely N-dealkylation sites (tertiary alicyclic amines) is 1. The molecule has 2 atom stereocenters. The maximum atomic E-state index is 12.6. The fourth-order valence-electron chi connectivity index (χ4n) is 3.92. The van der Waals surface area contributed by atoms with Crippen molar-refractivity contribution in [2.75, 3.05) is 57.9 Å². The summed E-state index contributed by atoms with van der Waals surface area (Å²) in [5.74, 6) is 1.18. The standard InChI is InChI=1S/C17H23N5O3/c1-20-3-2-12-10-22(11-13(12)16(20)23)15-9-18-8-14(19-15)17(24)21-4-6-25-7-5-21/h8-9,12-13H,2-7,10-11H2,1H3/t12-,13+/m1/s1. The van der Waals surface area contributed by atoms with E-state index in [4.69, 9.17) is 4.74 Å². The number of nitrogens with zero attached hydrogens (tertiary/aromatic N) is 5. The Bertz CT molecular complexity index is 676. The van der Waals surface area contributed by atoms with Gasteiger partial charge < -0.3 is 19.4 Å². The van der Waals surface area contributed by atoms with E-state index in [0.717, 1.165) is 19.5 Å². The molecule has 0 unspecified atom stereocenters. The molecule has 0 bridgehead atoms. The van der Waals surface area contributed by atoms with E-state index in [-0.39, 0.29) is 17.7 Å². The van der Waals surface area contributed by atoms with Gasteiger partial charge in [0.05, 0.1) is 31.5 Å². The van der Waals surface area contributed by atoms with E-state index in [1.807, 2.05) is 11.9 Å². The van der Waals surface area contributed by atoms with Crippen molar-refractivity contribution >= 4 is 17.6 Å². The summed E-state index contributed by atoms with van der Waals surface area (Å²) >= 11 is 0. The predicted molar refractivity (Wildman–Crippen MR) is 90.2 cm³/mol. The largest absolute Gasteiger partial charge is 0.378 e. The third-order valence-corrected chi connectivity index (χ3v) is 5.43. The van der Waals surface area contributed by atoms with E-state index in [2.05, 4.69) is 14.9 Å². The van der Waals surface area contributed by atoms with Crippen LogP contribution in [0.4, 0.5) is 5.82 Å². The van der Waals surface area contributed by atoms with Gasteiger partial charge in [-0.2, -0.15) is 0 Å². The molecule has 3 aliphatic rings. The minimum Gasteiger partial charge on any atom is -0.378 e. The minimum atomic E-state index is -0.106. The molecule has 134 valence electrons. The molecule has 25 heavy (non-hydrogen) atoms. The van der Waals surface area contributed by atoms with Gasteiger partial charge in [-0.15, -0.1) is 0 Å². The summed E-state index contributed by atoms with van der Waals surface area (Å²) < 4.78 is 5.29. The van der Waals surface area contributed by atoms with Crippen LogP contribution < -0.4 is 4.90 Å². The maximum Gasteiger partial charge on any atom is 0.274 e. The third-order valence-electron chi connectivity index (χ3n) is 5.43. The van der Waals surface area contributed by atoms with E-state index in [0.29, 0.717) is 50.3 Å². The van der Waals surface area contributed by atoms with Gasteiger partial charge in [0.15, 0.2) is 0 Å². The van der Waals surface area contributed by atoms with Crippen LogP contribution in [0.5, 0.6) is 0 Å². The molecule has 2 amide bonds. The molecule has 3 saturated heterocycles. The topological polar surface area (TPSA) is 78.9 Å². The van der Waals surface area contributed by atoms with Crippen LogP contribution in [0.15, 0.2) is 12.4 Å². The number of amides is 2. The van der Waals surface area contributed by atoms with Crippen molar-refractivity contribution in [3.05, 3.63) is 18.1 Å². The van der Waals surface area contributed by atoms with Crippen molar-refractivity contribution in [3.8, 4) is 0 Å². The van der Waals surface area contributed by atoms with Crippen LogP contribution in [0.2, 0.25) is 0 Å². The van der Waals surface area contributed by atoms with Gasteiger partial charge in [0.25, 0.3) is 5.91 Å². The number of ether oxygens (including phenoxy) is 1. The second-order valence-electron chi connectivity index (χ2n) is 6.99. The molecular formula is C17H23N5O3. The molecule has 0 aliphatic carbocycles. The van der Waals surface area contributed by atoms with Crippen molar-refractivity contribution < 1.29 is 14.3 Å². The van der Waals surface area contributed by atoms with Crippen LogP contribution in [0.25, 0.3) is 0 Å². The van der Waals surface area contributed by atoms with Crippen molar-refractivity contribution in [2.24, 2.45) is 11.8 Å². The number of morpholine rings is 1. The molecule has 1 aromatic rings. The second-order valence-corrected chi connectivity index (χ2v) is 6.99. The number of carbonyl (C=O) groups excluding carboxylic acids is 2. The number of anilines is 1. The average Bonchev–Trinajstić information content (AvgIpc) is 3.10. The molecule has 3 fully saturated rings. The highest BCUT2D eigenvalue weighted by Crippen LogP contribution is 2.33. The van der Waals surface area contributed by atoms with Crippen LogP contribution in [-0.4, -0.2) is 84.6 Å². The summed E-state index contributed by atoms with van der Waals surface area (Å²) in [6.45, 7) is 4.55. The number of aromatic nitrogens is 2. The van der Waals surface area contributed by atoms with Gasteiger partial charge in [0.2, 0.25) is 5.91 Å². The molecule has 0 aromatic carbocycles. The van der Waals surface area contributed by atoms with Gasteiger partial charge >= 0.3 is 0 Å². The number of hydrogen-bond acceptors (Lipinski definition) is 6. The minimum absolute atomic E-state index is 0.0270. The lowest BCUT2D eigenvalue weighted by Gasteiger charge is -2.30. The third kappa shape index (κ3) is 3.06. The van der Waals surface area contributed by atoms with Crippen molar-refractivity contribution in [1.82, 2.24) is 19.8 Å². The molecule has 4 heterocycles. The normalized spacial score (nSPS) is 26.8. The average molecular weight is 345 g/mol. The Balaban J connectivity index is 1.50. The van der Waals surface area contributed by atoms with Crippen LogP contribution in [0.1, 0.15) is 16.9 Å². The Labute approximate surface area is 146 Å². The highest BCUT2D eigenvalue weighted by atomic mass is 16.5. The number of piperidine rings is 1.